The molecule has 3 nitrogen and oxygen atoms in total. The minimum Gasteiger partial charge on any atom is -0.372 e. The molecule has 5 rings (SSSR count). The van der Waals surface area contributed by atoms with Gasteiger partial charge in [0.1, 0.15) is 0 Å². The quantitative estimate of drug-likeness (QED) is 0.446. The van der Waals surface area contributed by atoms with E-state index in [1.165, 1.54) is 74.4 Å². The Bertz CT molecular complexity index is 983. The normalized spacial score (nSPS) is 16.6. The zero-order valence-corrected chi connectivity index (χ0v) is 18.7. The highest BCUT2D eigenvalue weighted by Crippen LogP contribution is 2.22. The second kappa shape index (κ2) is 9.86. The summed E-state index contributed by atoms with van der Waals surface area (Å²) in [7, 11) is 0. The Morgan fingerprint density at radius 2 is 0.906 bits per heavy atom. The van der Waals surface area contributed by atoms with Gasteiger partial charge in [-0.2, -0.15) is 0 Å². The summed E-state index contributed by atoms with van der Waals surface area (Å²) in [6.07, 6.45) is 13.7. The van der Waals surface area contributed by atoms with Crippen molar-refractivity contribution in [2.24, 2.45) is 0 Å². The second-order valence-corrected chi connectivity index (χ2v) is 8.73. The molecule has 2 aromatic carbocycles. The molecule has 0 atom stereocenters. The molecule has 0 amide bonds. The fourth-order valence-corrected chi connectivity index (χ4v) is 4.56. The summed E-state index contributed by atoms with van der Waals surface area (Å²) in [5.41, 5.74) is 7.01. The van der Waals surface area contributed by atoms with Crippen LogP contribution in [-0.2, 0) is 0 Å². The van der Waals surface area contributed by atoms with Crippen molar-refractivity contribution in [3.8, 4) is 0 Å². The van der Waals surface area contributed by atoms with Gasteiger partial charge in [0.15, 0.2) is 0 Å². The van der Waals surface area contributed by atoms with Gasteiger partial charge in [0.25, 0.3) is 0 Å². The number of hydrogen-bond donors (Lipinski definition) is 0. The van der Waals surface area contributed by atoms with Crippen molar-refractivity contribution in [3.05, 3.63) is 89.2 Å². The molecule has 1 aromatic heterocycles. The molecule has 0 saturated carbocycles. The van der Waals surface area contributed by atoms with Crippen molar-refractivity contribution in [1.29, 1.82) is 0 Å². The van der Waals surface area contributed by atoms with Crippen LogP contribution < -0.4 is 9.80 Å². The Hall–Kier alpha value is -3.33. The van der Waals surface area contributed by atoms with Crippen molar-refractivity contribution in [2.75, 3.05) is 36.0 Å². The third-order valence-electron chi connectivity index (χ3n) is 6.41. The fraction of sp³-hybridized carbons (Fsp3) is 0.276. The maximum Gasteiger partial charge on any atom is 0.0637 e. The molecule has 2 aliphatic heterocycles. The van der Waals surface area contributed by atoms with E-state index in [4.69, 9.17) is 4.98 Å². The third-order valence-corrected chi connectivity index (χ3v) is 6.41. The van der Waals surface area contributed by atoms with Crippen LogP contribution in [0.4, 0.5) is 11.4 Å². The van der Waals surface area contributed by atoms with E-state index in [0.717, 1.165) is 11.4 Å². The molecule has 0 unspecified atom stereocenters. The van der Waals surface area contributed by atoms with Gasteiger partial charge in [0, 0.05) is 37.6 Å². The van der Waals surface area contributed by atoms with Gasteiger partial charge in [0.05, 0.1) is 11.4 Å². The van der Waals surface area contributed by atoms with Crippen molar-refractivity contribution in [1.82, 2.24) is 4.98 Å². The van der Waals surface area contributed by atoms with E-state index in [-0.39, 0.29) is 0 Å². The summed E-state index contributed by atoms with van der Waals surface area (Å²) in [6, 6.07) is 23.9. The first-order valence-electron chi connectivity index (χ1n) is 11.9. The number of anilines is 2. The monoisotopic (exact) mass is 421 g/mol. The Balaban J connectivity index is 1.22. The number of benzene rings is 2. The highest BCUT2D eigenvalue weighted by atomic mass is 15.1. The molecule has 2 aliphatic rings. The first-order chi connectivity index (χ1) is 15.8. The maximum absolute atomic E-state index is 4.77. The van der Waals surface area contributed by atoms with Crippen molar-refractivity contribution in [2.45, 2.75) is 25.7 Å². The number of pyridine rings is 1. The van der Waals surface area contributed by atoms with Crippen LogP contribution >= 0.6 is 0 Å². The molecule has 3 aromatic rings. The molecule has 162 valence electrons. The molecule has 2 saturated heterocycles. The molecular formula is C29H31N3. The van der Waals surface area contributed by atoms with Crippen LogP contribution in [0.3, 0.4) is 0 Å². The molecular weight excluding hydrogens is 390 g/mol. The lowest BCUT2D eigenvalue weighted by atomic mass is 10.1. The van der Waals surface area contributed by atoms with Crippen LogP contribution in [0.2, 0.25) is 0 Å². The first kappa shape index (κ1) is 20.6. The van der Waals surface area contributed by atoms with Gasteiger partial charge in [-0.25, -0.2) is 4.98 Å². The topological polar surface area (TPSA) is 19.4 Å². The average Bonchev–Trinajstić information content (AvgIpc) is 3.57. The van der Waals surface area contributed by atoms with E-state index in [0.29, 0.717) is 0 Å². The Labute approximate surface area is 191 Å². The SMILES string of the molecule is C(=Cc1cccc(C=Cc2ccc(N3CCCC3)cc2)n1)c1ccc(N2CCCC2)cc1. The fourth-order valence-electron chi connectivity index (χ4n) is 4.56. The Kier molecular flexibility index (Phi) is 6.34. The summed E-state index contributed by atoms with van der Waals surface area (Å²) >= 11 is 0. The lowest BCUT2D eigenvalue weighted by molar-refractivity contribution is 0.949. The van der Waals surface area contributed by atoms with Gasteiger partial charge >= 0.3 is 0 Å². The number of hydrogen-bond acceptors (Lipinski definition) is 3. The standard InChI is InChI=1S/C29H31N3/c1-2-21-31(20-1)28-16-10-24(11-17-28)8-14-26-6-5-7-27(30-26)15-9-25-12-18-29(19-13-25)32-22-3-4-23-32/h5-19H,1-4,20-23H2. The molecule has 0 spiro atoms. The van der Waals surface area contributed by atoms with E-state index in [9.17, 15) is 0 Å². The van der Waals surface area contributed by atoms with Gasteiger partial charge in [0.2, 0.25) is 0 Å². The molecule has 3 heterocycles. The van der Waals surface area contributed by atoms with Crippen LogP contribution in [0.25, 0.3) is 24.3 Å². The second-order valence-electron chi connectivity index (χ2n) is 8.73. The number of nitrogens with zero attached hydrogens (tertiary/aromatic N) is 3. The summed E-state index contributed by atoms with van der Waals surface area (Å²) in [4.78, 5) is 9.70. The third kappa shape index (κ3) is 5.11. The van der Waals surface area contributed by atoms with Crippen LogP contribution in [0.1, 0.15) is 48.2 Å². The highest BCUT2D eigenvalue weighted by molar-refractivity contribution is 5.72. The Morgan fingerprint density at radius 1 is 0.500 bits per heavy atom. The molecule has 0 radical (unpaired) electrons. The van der Waals surface area contributed by atoms with Gasteiger partial charge in [-0.1, -0.05) is 42.5 Å². The lowest BCUT2D eigenvalue weighted by Gasteiger charge is -2.17. The van der Waals surface area contributed by atoms with Crippen LogP contribution in [0.5, 0.6) is 0 Å². The minimum absolute atomic E-state index is 0.972. The van der Waals surface area contributed by atoms with Crippen LogP contribution in [-0.4, -0.2) is 31.2 Å². The molecule has 0 N–H and O–H groups in total. The lowest BCUT2D eigenvalue weighted by Crippen LogP contribution is -2.17. The van der Waals surface area contributed by atoms with Crippen LogP contribution in [0.15, 0.2) is 66.7 Å². The summed E-state index contributed by atoms with van der Waals surface area (Å²) in [5.74, 6) is 0. The van der Waals surface area contributed by atoms with Crippen molar-refractivity contribution in [3.63, 3.8) is 0 Å². The predicted octanol–water partition coefficient (Wildman–Crippen LogP) is 6.62. The molecule has 2 fully saturated rings. The zero-order chi connectivity index (χ0) is 21.6. The smallest absolute Gasteiger partial charge is 0.0637 e. The number of rotatable bonds is 6. The van der Waals surface area contributed by atoms with Crippen LogP contribution in [0, 0.1) is 0 Å². The van der Waals surface area contributed by atoms with Crippen molar-refractivity contribution >= 4 is 35.7 Å². The van der Waals surface area contributed by atoms with Gasteiger partial charge < -0.3 is 9.80 Å². The summed E-state index contributed by atoms with van der Waals surface area (Å²) < 4.78 is 0. The van der Waals surface area contributed by atoms with Gasteiger partial charge in [-0.05, 0) is 85.4 Å². The molecule has 32 heavy (non-hydrogen) atoms. The molecule has 0 bridgehead atoms. The van der Waals surface area contributed by atoms with E-state index < -0.39 is 0 Å². The molecule has 0 aliphatic carbocycles. The zero-order valence-electron chi connectivity index (χ0n) is 18.7. The largest absolute Gasteiger partial charge is 0.372 e. The first-order valence-corrected chi connectivity index (χ1v) is 11.9. The van der Waals surface area contributed by atoms with Gasteiger partial charge in [-0.15, -0.1) is 0 Å². The van der Waals surface area contributed by atoms with E-state index in [1.54, 1.807) is 0 Å². The van der Waals surface area contributed by atoms with E-state index in [2.05, 4.69) is 101 Å². The van der Waals surface area contributed by atoms with Crippen molar-refractivity contribution < 1.29 is 0 Å². The average molecular weight is 422 g/mol. The highest BCUT2D eigenvalue weighted by Gasteiger charge is 2.12. The maximum atomic E-state index is 4.77. The van der Waals surface area contributed by atoms with E-state index >= 15 is 0 Å². The minimum atomic E-state index is 0.972. The summed E-state index contributed by atoms with van der Waals surface area (Å²) in [5, 5.41) is 0. The number of aromatic nitrogens is 1. The Morgan fingerprint density at radius 3 is 1.31 bits per heavy atom. The molecule has 3 heteroatoms. The predicted molar refractivity (Wildman–Crippen MR) is 138 cm³/mol. The van der Waals surface area contributed by atoms with E-state index in [1.807, 2.05) is 0 Å². The van der Waals surface area contributed by atoms with Gasteiger partial charge in [-0.3, -0.25) is 0 Å². The summed E-state index contributed by atoms with van der Waals surface area (Å²) in [6.45, 7) is 4.73.